The third-order valence-corrected chi connectivity index (χ3v) is 2.89. The average Bonchev–Trinajstić information content (AvgIpc) is 2.47. The Morgan fingerprint density at radius 2 is 1.95 bits per heavy atom. The number of halogens is 1. The van der Waals surface area contributed by atoms with E-state index in [1.54, 1.807) is 12.1 Å². The van der Waals surface area contributed by atoms with Gasteiger partial charge in [-0.15, -0.1) is 0 Å². The Hall–Kier alpha value is -2.04. The van der Waals surface area contributed by atoms with E-state index in [2.05, 4.69) is 4.98 Å². The third kappa shape index (κ3) is 4.48. The van der Waals surface area contributed by atoms with Gasteiger partial charge in [0.2, 0.25) is 0 Å². The molecule has 1 heterocycles. The zero-order chi connectivity index (χ0) is 16.0. The summed E-state index contributed by atoms with van der Waals surface area (Å²) in [5.74, 6) is 0.362. The van der Waals surface area contributed by atoms with Gasteiger partial charge in [-0.1, -0.05) is 25.4 Å². The van der Waals surface area contributed by atoms with Crippen molar-refractivity contribution in [3.63, 3.8) is 0 Å². The molecule has 1 atom stereocenters. The molecule has 0 bridgehead atoms. The fraction of sp³-hybridized carbons (Fsp3) is 0.312. The summed E-state index contributed by atoms with van der Waals surface area (Å²) in [7, 11) is 5.64. The van der Waals surface area contributed by atoms with Crippen LogP contribution in [0.1, 0.15) is 38.0 Å². The van der Waals surface area contributed by atoms with Crippen LogP contribution in [0.15, 0.2) is 30.5 Å². The molecule has 2 N–H and O–H groups in total. The van der Waals surface area contributed by atoms with Crippen molar-refractivity contribution in [1.29, 1.82) is 0 Å². The molecule has 2 rings (SSSR count). The predicted molar refractivity (Wildman–Crippen MR) is 85.6 cm³/mol. The van der Waals surface area contributed by atoms with Gasteiger partial charge >= 0.3 is 0 Å². The smallest absolute Gasteiger partial charge is 0.166 e. The number of benzene rings is 1. The topological polar surface area (TPSA) is 48.1 Å². The van der Waals surface area contributed by atoms with Crippen LogP contribution < -0.4 is 15.9 Å². The van der Waals surface area contributed by atoms with Gasteiger partial charge in [-0.2, -0.15) is 0 Å². The molecule has 0 spiro atoms. The third-order valence-electron chi connectivity index (χ3n) is 2.89. The summed E-state index contributed by atoms with van der Waals surface area (Å²) in [6.07, 6.45) is 1.11. The maximum Gasteiger partial charge on any atom is 0.166 e. The summed E-state index contributed by atoms with van der Waals surface area (Å²) >= 11 is 0. The van der Waals surface area contributed by atoms with Crippen molar-refractivity contribution < 1.29 is 9.13 Å². The molecule has 1 aromatic carbocycles. The van der Waals surface area contributed by atoms with Crippen LogP contribution in [0.2, 0.25) is 0 Å². The fourth-order valence-electron chi connectivity index (χ4n) is 1.87. The largest absolute Gasteiger partial charge is 0.482 e. The van der Waals surface area contributed by atoms with Gasteiger partial charge in [-0.3, -0.25) is 0 Å². The Morgan fingerprint density at radius 3 is 2.62 bits per heavy atom. The first-order valence-corrected chi connectivity index (χ1v) is 6.91. The summed E-state index contributed by atoms with van der Waals surface area (Å²) < 4.78 is 19.0. The summed E-state index contributed by atoms with van der Waals surface area (Å²) in [6.45, 7) is 7.72. The zero-order valence-corrected chi connectivity index (χ0v) is 12.9. The molecule has 0 fully saturated rings. The van der Waals surface area contributed by atoms with Crippen LogP contribution >= 0.6 is 0 Å². The Balaban J connectivity index is 0.00000106. The molecule has 0 amide bonds. The Labute approximate surface area is 126 Å². The first-order valence-electron chi connectivity index (χ1n) is 6.91. The molecule has 1 aromatic heterocycles. The molecule has 1 unspecified atom stereocenters. The molecular weight excluding hydrogens is 266 g/mol. The van der Waals surface area contributed by atoms with E-state index in [9.17, 15) is 4.39 Å². The maximum atomic E-state index is 13.3. The minimum Gasteiger partial charge on any atom is -0.482 e. The van der Waals surface area contributed by atoms with E-state index in [1.807, 2.05) is 27.7 Å². The molecule has 3 nitrogen and oxygen atoms in total. The van der Waals surface area contributed by atoms with Gasteiger partial charge in [-0.25, -0.2) is 9.37 Å². The second-order valence-electron chi connectivity index (χ2n) is 4.41. The zero-order valence-electron chi connectivity index (χ0n) is 12.9. The van der Waals surface area contributed by atoms with Crippen molar-refractivity contribution in [1.82, 2.24) is 4.98 Å². The second-order valence-corrected chi connectivity index (χ2v) is 4.41. The van der Waals surface area contributed by atoms with Crippen LogP contribution in [0.4, 0.5) is 10.2 Å². The highest BCUT2D eigenvalue weighted by atomic mass is 19.1. The number of nitrogens with zero attached hydrogens (tertiary/aromatic N) is 1. The highest BCUT2D eigenvalue weighted by molar-refractivity contribution is 6.32. The van der Waals surface area contributed by atoms with Crippen LogP contribution in [-0.4, -0.2) is 12.8 Å². The number of hydrogen-bond acceptors (Lipinski definition) is 3. The van der Waals surface area contributed by atoms with Gasteiger partial charge in [0, 0.05) is 6.20 Å². The Bertz CT molecular complexity index is 605. The number of aryl methyl sites for hydroxylation is 1. The normalized spacial score (nSPS) is 11.3. The molecule has 110 valence electrons. The number of nitrogens with two attached hydrogens (primary N) is 1. The van der Waals surface area contributed by atoms with E-state index in [0.29, 0.717) is 11.2 Å². The van der Waals surface area contributed by atoms with Gasteiger partial charge in [0.1, 0.15) is 19.8 Å². The van der Waals surface area contributed by atoms with Crippen molar-refractivity contribution >= 4 is 19.1 Å². The number of rotatable bonds is 3. The predicted octanol–water partition coefficient (Wildman–Crippen LogP) is 3.07. The van der Waals surface area contributed by atoms with Gasteiger partial charge in [0.25, 0.3) is 0 Å². The monoisotopic (exact) mass is 286 g/mol. The van der Waals surface area contributed by atoms with Gasteiger partial charge in [0.05, 0.1) is 0 Å². The standard InChI is InChI=1S/C14H14BFN2O.C2H6/c1-8-3-4-11(16)6-12(8)9(2)19-13-5-10(15)7-18-14(13)17;1-2/h3-7,9H,1-2H3,(H2,17,18);1-2H3. The van der Waals surface area contributed by atoms with E-state index in [0.717, 1.165) is 11.1 Å². The van der Waals surface area contributed by atoms with Crippen molar-refractivity contribution in [3.8, 4) is 5.75 Å². The summed E-state index contributed by atoms with van der Waals surface area (Å²) in [4.78, 5) is 3.92. The average molecular weight is 286 g/mol. The Kier molecular flexibility index (Phi) is 6.21. The highest BCUT2D eigenvalue weighted by Gasteiger charge is 2.13. The first-order chi connectivity index (χ1) is 9.97. The number of pyridine rings is 1. The van der Waals surface area contributed by atoms with Gasteiger partial charge in [0.15, 0.2) is 11.6 Å². The Morgan fingerprint density at radius 1 is 1.29 bits per heavy atom. The van der Waals surface area contributed by atoms with E-state index in [4.69, 9.17) is 18.3 Å². The molecule has 0 aliphatic heterocycles. The second kappa shape index (κ2) is 7.67. The number of anilines is 1. The van der Waals surface area contributed by atoms with E-state index >= 15 is 0 Å². The number of ether oxygens (including phenoxy) is 1. The molecule has 5 heteroatoms. The summed E-state index contributed by atoms with van der Waals surface area (Å²) in [5.41, 5.74) is 7.90. The fourth-order valence-corrected chi connectivity index (χ4v) is 1.87. The molecule has 21 heavy (non-hydrogen) atoms. The summed E-state index contributed by atoms with van der Waals surface area (Å²) in [6, 6.07) is 6.19. The molecule has 0 aliphatic rings. The molecule has 0 saturated carbocycles. The molecular formula is C16H20BFN2O. The van der Waals surface area contributed by atoms with Crippen LogP contribution in [0, 0.1) is 12.7 Å². The first kappa shape index (κ1) is 17.0. The van der Waals surface area contributed by atoms with E-state index in [1.165, 1.54) is 18.3 Å². The number of hydrogen-bond donors (Lipinski definition) is 1. The van der Waals surface area contributed by atoms with Gasteiger partial charge in [-0.05, 0) is 43.2 Å². The molecule has 2 radical (unpaired) electrons. The lowest BCUT2D eigenvalue weighted by Gasteiger charge is -2.18. The lowest BCUT2D eigenvalue weighted by Crippen LogP contribution is -2.11. The number of aromatic nitrogens is 1. The van der Waals surface area contributed by atoms with Gasteiger partial charge < -0.3 is 10.5 Å². The van der Waals surface area contributed by atoms with Crippen LogP contribution in [0.25, 0.3) is 0 Å². The molecule has 0 aliphatic carbocycles. The molecule has 2 aromatic rings. The molecule has 0 saturated heterocycles. The lowest BCUT2D eigenvalue weighted by molar-refractivity contribution is 0.226. The maximum absolute atomic E-state index is 13.3. The number of nitrogen functional groups attached to an aromatic ring is 1. The van der Waals surface area contributed by atoms with Crippen molar-refractivity contribution in [2.24, 2.45) is 0 Å². The lowest BCUT2D eigenvalue weighted by atomic mass is 9.98. The van der Waals surface area contributed by atoms with Crippen LogP contribution in [-0.2, 0) is 0 Å². The van der Waals surface area contributed by atoms with Crippen LogP contribution in [0.5, 0.6) is 5.75 Å². The minimum atomic E-state index is -0.346. The highest BCUT2D eigenvalue weighted by Crippen LogP contribution is 2.26. The van der Waals surface area contributed by atoms with Crippen molar-refractivity contribution in [2.45, 2.75) is 33.8 Å². The summed E-state index contributed by atoms with van der Waals surface area (Å²) in [5, 5.41) is 0. The SMILES string of the molecule is CC.[B]c1cnc(N)c(OC(C)c2cc(F)ccc2C)c1. The van der Waals surface area contributed by atoms with Crippen molar-refractivity contribution in [3.05, 3.63) is 47.4 Å². The van der Waals surface area contributed by atoms with Crippen LogP contribution in [0.3, 0.4) is 0 Å². The minimum absolute atomic E-state index is 0.259. The quantitative estimate of drug-likeness (QED) is 0.882. The van der Waals surface area contributed by atoms with E-state index < -0.39 is 0 Å². The van der Waals surface area contributed by atoms with Crippen molar-refractivity contribution in [2.75, 3.05) is 5.73 Å². The van der Waals surface area contributed by atoms with E-state index in [-0.39, 0.29) is 17.7 Å².